The fourth-order valence-electron chi connectivity index (χ4n) is 1.84. The molecule has 2 N–H and O–H groups in total. The monoisotopic (exact) mass is 212 g/mol. The van der Waals surface area contributed by atoms with E-state index in [9.17, 15) is 10.2 Å². The van der Waals surface area contributed by atoms with Crippen molar-refractivity contribution in [3.8, 4) is 11.5 Å². The van der Waals surface area contributed by atoms with Crippen LogP contribution in [0.25, 0.3) is 21.8 Å². The van der Waals surface area contributed by atoms with Crippen molar-refractivity contribution >= 4 is 21.8 Å². The van der Waals surface area contributed by atoms with Crippen molar-refractivity contribution in [1.82, 2.24) is 9.97 Å². The van der Waals surface area contributed by atoms with Crippen LogP contribution in [0.5, 0.6) is 11.5 Å². The first-order valence-electron chi connectivity index (χ1n) is 4.82. The van der Waals surface area contributed by atoms with Crippen molar-refractivity contribution < 1.29 is 10.2 Å². The summed E-state index contributed by atoms with van der Waals surface area (Å²) < 4.78 is 0. The zero-order valence-electron chi connectivity index (χ0n) is 8.25. The molecule has 0 aliphatic carbocycles. The maximum atomic E-state index is 9.82. The number of pyridine rings is 2. The number of hydrogen-bond acceptors (Lipinski definition) is 4. The van der Waals surface area contributed by atoms with Crippen molar-refractivity contribution in [2.24, 2.45) is 0 Å². The number of rotatable bonds is 0. The summed E-state index contributed by atoms with van der Waals surface area (Å²) in [5.41, 5.74) is 1.18. The third-order valence-corrected chi connectivity index (χ3v) is 2.54. The Morgan fingerprint density at radius 2 is 1.69 bits per heavy atom. The zero-order chi connectivity index (χ0) is 11.1. The lowest BCUT2D eigenvalue weighted by atomic mass is 10.1. The summed E-state index contributed by atoms with van der Waals surface area (Å²) in [6.07, 6.45) is 3.15. The lowest BCUT2D eigenvalue weighted by molar-refractivity contribution is 0.464. The minimum Gasteiger partial charge on any atom is -0.507 e. The number of hydrogen-bond donors (Lipinski definition) is 2. The van der Waals surface area contributed by atoms with E-state index in [2.05, 4.69) is 9.97 Å². The van der Waals surface area contributed by atoms with Crippen LogP contribution in [0.1, 0.15) is 0 Å². The molecule has 0 fully saturated rings. The van der Waals surface area contributed by atoms with Crippen LogP contribution in [0.3, 0.4) is 0 Å². The molecule has 78 valence electrons. The molecule has 0 spiro atoms. The van der Waals surface area contributed by atoms with E-state index in [-0.39, 0.29) is 11.5 Å². The Labute approximate surface area is 90.8 Å². The molecule has 16 heavy (non-hydrogen) atoms. The van der Waals surface area contributed by atoms with Gasteiger partial charge in [0, 0.05) is 17.8 Å². The highest BCUT2D eigenvalue weighted by molar-refractivity contribution is 6.07. The minimum absolute atomic E-state index is 0.00931. The van der Waals surface area contributed by atoms with Crippen LogP contribution in [-0.2, 0) is 0 Å². The minimum atomic E-state index is 0.00931. The molecule has 2 aromatic heterocycles. The maximum Gasteiger partial charge on any atom is 0.130 e. The van der Waals surface area contributed by atoms with Gasteiger partial charge in [0.1, 0.15) is 17.0 Å². The summed E-state index contributed by atoms with van der Waals surface area (Å²) in [6.45, 7) is 0. The molecule has 4 heteroatoms. The molecule has 4 nitrogen and oxygen atoms in total. The smallest absolute Gasteiger partial charge is 0.130 e. The van der Waals surface area contributed by atoms with Gasteiger partial charge in [0.2, 0.25) is 0 Å². The molecule has 0 saturated carbocycles. The lowest BCUT2D eigenvalue weighted by Crippen LogP contribution is -1.85. The Morgan fingerprint density at radius 3 is 2.56 bits per heavy atom. The first-order chi connectivity index (χ1) is 7.77. The molecule has 3 aromatic rings. The lowest BCUT2D eigenvalue weighted by Gasteiger charge is -2.05. The zero-order valence-corrected chi connectivity index (χ0v) is 8.25. The van der Waals surface area contributed by atoms with Crippen molar-refractivity contribution in [2.45, 2.75) is 0 Å². The fraction of sp³-hybridized carbons (Fsp3) is 0. The number of phenolic OH excluding ortho intramolecular Hbond substituents is 1. The van der Waals surface area contributed by atoms with Gasteiger partial charge in [0.05, 0.1) is 10.9 Å². The van der Waals surface area contributed by atoms with Crippen LogP contribution in [0, 0.1) is 0 Å². The summed E-state index contributed by atoms with van der Waals surface area (Å²) in [7, 11) is 0. The molecule has 2 heterocycles. The Balaban J connectivity index is 2.65. The second-order valence-corrected chi connectivity index (χ2v) is 3.52. The number of aromatic hydroxyl groups is 2. The van der Waals surface area contributed by atoms with E-state index in [1.54, 1.807) is 18.3 Å². The second-order valence-electron chi connectivity index (χ2n) is 3.52. The molecule has 0 aliphatic rings. The third kappa shape index (κ3) is 1.10. The van der Waals surface area contributed by atoms with Gasteiger partial charge < -0.3 is 10.2 Å². The van der Waals surface area contributed by atoms with Crippen molar-refractivity contribution in [1.29, 1.82) is 0 Å². The van der Waals surface area contributed by atoms with Gasteiger partial charge in [-0.25, -0.2) is 0 Å². The molecule has 3 rings (SSSR count). The molecular formula is C12H8N2O2. The Bertz CT molecular complexity index is 695. The molecule has 0 aliphatic heterocycles. The molecule has 0 atom stereocenters. The Kier molecular flexibility index (Phi) is 1.71. The van der Waals surface area contributed by atoms with E-state index < -0.39 is 0 Å². The number of fused-ring (bicyclic) bond motifs is 3. The van der Waals surface area contributed by atoms with Crippen molar-refractivity contribution in [3.63, 3.8) is 0 Å². The second kappa shape index (κ2) is 3.06. The largest absolute Gasteiger partial charge is 0.507 e. The Morgan fingerprint density at radius 1 is 0.875 bits per heavy atom. The number of phenols is 1. The first-order valence-corrected chi connectivity index (χ1v) is 4.82. The van der Waals surface area contributed by atoms with Gasteiger partial charge in [-0.15, -0.1) is 0 Å². The maximum absolute atomic E-state index is 9.82. The van der Waals surface area contributed by atoms with Crippen LogP contribution < -0.4 is 0 Å². The third-order valence-electron chi connectivity index (χ3n) is 2.54. The van der Waals surface area contributed by atoms with E-state index in [4.69, 9.17) is 0 Å². The summed E-state index contributed by atoms with van der Waals surface area (Å²) in [6, 6.07) is 6.65. The molecular weight excluding hydrogens is 204 g/mol. The molecule has 0 unspecified atom stereocenters. The van der Waals surface area contributed by atoms with Gasteiger partial charge in [-0.2, -0.15) is 0 Å². The summed E-state index contributed by atoms with van der Waals surface area (Å²) in [5.74, 6) is 0.0242. The molecule has 0 amide bonds. The van der Waals surface area contributed by atoms with E-state index in [0.29, 0.717) is 16.4 Å². The van der Waals surface area contributed by atoms with Crippen LogP contribution in [0.2, 0.25) is 0 Å². The van der Waals surface area contributed by atoms with Gasteiger partial charge >= 0.3 is 0 Å². The first kappa shape index (κ1) is 8.91. The number of aromatic nitrogens is 2. The molecule has 0 saturated heterocycles. The summed E-state index contributed by atoms with van der Waals surface area (Å²) in [4.78, 5) is 8.36. The predicted molar refractivity (Wildman–Crippen MR) is 60.4 cm³/mol. The SMILES string of the molecule is Oc1ccnc2c1c(O)cc1cccnc12. The van der Waals surface area contributed by atoms with Crippen molar-refractivity contribution in [2.75, 3.05) is 0 Å². The van der Waals surface area contributed by atoms with E-state index in [1.165, 1.54) is 12.3 Å². The molecule has 1 aromatic carbocycles. The fourth-order valence-corrected chi connectivity index (χ4v) is 1.84. The van der Waals surface area contributed by atoms with Gasteiger partial charge in [-0.3, -0.25) is 9.97 Å². The van der Waals surface area contributed by atoms with E-state index in [0.717, 1.165) is 5.39 Å². The van der Waals surface area contributed by atoms with Gasteiger partial charge in [0.15, 0.2) is 0 Å². The normalized spacial score (nSPS) is 11.0. The number of nitrogens with zero attached hydrogens (tertiary/aromatic N) is 2. The van der Waals surface area contributed by atoms with Gasteiger partial charge in [0.25, 0.3) is 0 Å². The molecule has 0 radical (unpaired) electrons. The Hall–Kier alpha value is -2.36. The topological polar surface area (TPSA) is 66.2 Å². The average molecular weight is 212 g/mol. The standard InChI is InChI=1S/C12H8N2O2/c15-8-3-5-14-12-10(8)9(16)6-7-2-1-4-13-11(7)12/h1-6,16H,(H,14,15). The number of benzene rings is 1. The van der Waals surface area contributed by atoms with E-state index in [1.807, 2.05) is 6.07 Å². The van der Waals surface area contributed by atoms with Crippen LogP contribution >= 0.6 is 0 Å². The van der Waals surface area contributed by atoms with Crippen LogP contribution in [0.4, 0.5) is 0 Å². The summed E-state index contributed by atoms with van der Waals surface area (Å²) in [5, 5.41) is 20.6. The highest BCUT2D eigenvalue weighted by atomic mass is 16.3. The van der Waals surface area contributed by atoms with Crippen LogP contribution in [0.15, 0.2) is 36.7 Å². The predicted octanol–water partition coefficient (Wildman–Crippen LogP) is 2.19. The van der Waals surface area contributed by atoms with Gasteiger partial charge in [-0.1, -0.05) is 6.07 Å². The quantitative estimate of drug-likeness (QED) is 0.560. The highest BCUT2D eigenvalue weighted by Crippen LogP contribution is 2.35. The highest BCUT2D eigenvalue weighted by Gasteiger charge is 2.10. The van der Waals surface area contributed by atoms with E-state index >= 15 is 0 Å². The summed E-state index contributed by atoms with van der Waals surface area (Å²) >= 11 is 0. The van der Waals surface area contributed by atoms with Crippen LogP contribution in [-0.4, -0.2) is 20.2 Å². The van der Waals surface area contributed by atoms with Crippen molar-refractivity contribution in [3.05, 3.63) is 36.7 Å². The van der Waals surface area contributed by atoms with Gasteiger partial charge in [-0.05, 0) is 18.2 Å². The average Bonchev–Trinajstić information content (AvgIpc) is 2.29. The molecule has 0 bridgehead atoms.